The van der Waals surface area contributed by atoms with E-state index in [0.717, 1.165) is 17.8 Å². The van der Waals surface area contributed by atoms with E-state index < -0.39 is 5.41 Å². The largest absolute Gasteiger partial charge is 0.399 e. The summed E-state index contributed by atoms with van der Waals surface area (Å²) in [5.41, 5.74) is 6.98. The predicted octanol–water partition coefficient (Wildman–Crippen LogP) is 3.20. The third kappa shape index (κ3) is 3.14. The van der Waals surface area contributed by atoms with E-state index in [1.54, 1.807) is 0 Å². The summed E-state index contributed by atoms with van der Waals surface area (Å²) in [6, 6.07) is 7.63. The molecule has 1 aliphatic carbocycles. The topological polar surface area (TPSA) is 46.3 Å². The fraction of sp³-hybridized carbons (Fsp3) is 0.588. The Morgan fingerprint density at radius 1 is 1.25 bits per heavy atom. The van der Waals surface area contributed by atoms with Crippen LogP contribution in [-0.4, -0.2) is 24.4 Å². The Morgan fingerprint density at radius 2 is 1.80 bits per heavy atom. The highest BCUT2D eigenvalue weighted by Gasteiger charge is 2.33. The first kappa shape index (κ1) is 14.9. The van der Waals surface area contributed by atoms with Crippen LogP contribution in [0.15, 0.2) is 24.3 Å². The van der Waals surface area contributed by atoms with Gasteiger partial charge in [-0.2, -0.15) is 0 Å². The Bertz CT molecular complexity index is 458. The van der Waals surface area contributed by atoms with Crippen LogP contribution in [-0.2, 0) is 10.2 Å². The normalized spacial score (nSPS) is 16.4. The molecular formula is C17H26N2O. The van der Waals surface area contributed by atoms with E-state index in [1.807, 2.05) is 50.1 Å². The number of nitrogen functional groups attached to an aromatic ring is 1. The molecule has 2 N–H and O–H groups in total. The van der Waals surface area contributed by atoms with Crippen LogP contribution >= 0.6 is 0 Å². The van der Waals surface area contributed by atoms with Gasteiger partial charge in [-0.25, -0.2) is 0 Å². The highest BCUT2D eigenvalue weighted by molar-refractivity contribution is 5.87. The number of hydrogen-bond acceptors (Lipinski definition) is 2. The molecule has 20 heavy (non-hydrogen) atoms. The molecule has 0 aromatic heterocycles. The van der Waals surface area contributed by atoms with Crippen LogP contribution in [0.3, 0.4) is 0 Å². The molecule has 1 aromatic carbocycles. The minimum absolute atomic E-state index is 0.189. The van der Waals surface area contributed by atoms with E-state index in [4.69, 9.17) is 5.73 Å². The maximum absolute atomic E-state index is 12.7. The predicted molar refractivity (Wildman–Crippen MR) is 83.5 cm³/mol. The molecule has 1 amide bonds. The summed E-state index contributed by atoms with van der Waals surface area (Å²) in [6.07, 6.45) is 5.15. The van der Waals surface area contributed by atoms with Crippen LogP contribution < -0.4 is 5.73 Å². The number of carbonyl (C=O) groups is 1. The maximum Gasteiger partial charge on any atom is 0.232 e. The SMILES string of the molecule is CN(CC1CCCC1)C(=O)C(C)(C)c1ccc(N)cc1. The summed E-state index contributed by atoms with van der Waals surface area (Å²) >= 11 is 0. The molecule has 1 aromatic rings. The Labute approximate surface area is 122 Å². The molecule has 1 aliphatic rings. The second-order valence-electron chi connectivity index (χ2n) is 6.58. The van der Waals surface area contributed by atoms with E-state index in [9.17, 15) is 4.79 Å². The van der Waals surface area contributed by atoms with Crippen molar-refractivity contribution in [3.63, 3.8) is 0 Å². The average Bonchev–Trinajstić information content (AvgIpc) is 2.91. The summed E-state index contributed by atoms with van der Waals surface area (Å²) in [6.45, 7) is 4.87. The van der Waals surface area contributed by atoms with Crippen LogP contribution in [0.2, 0.25) is 0 Å². The van der Waals surface area contributed by atoms with Crippen LogP contribution in [0.25, 0.3) is 0 Å². The van der Waals surface area contributed by atoms with E-state index in [1.165, 1.54) is 25.7 Å². The highest BCUT2D eigenvalue weighted by atomic mass is 16.2. The van der Waals surface area contributed by atoms with Gasteiger partial charge in [-0.1, -0.05) is 25.0 Å². The van der Waals surface area contributed by atoms with Gasteiger partial charge in [0, 0.05) is 19.3 Å². The summed E-state index contributed by atoms with van der Waals surface area (Å²) in [4.78, 5) is 14.6. The zero-order valence-corrected chi connectivity index (χ0v) is 12.9. The van der Waals surface area contributed by atoms with Gasteiger partial charge in [-0.05, 0) is 50.3 Å². The number of amides is 1. The lowest BCUT2D eigenvalue weighted by Gasteiger charge is -2.31. The van der Waals surface area contributed by atoms with Gasteiger partial charge in [0.2, 0.25) is 5.91 Å². The van der Waals surface area contributed by atoms with Crippen LogP contribution in [0.1, 0.15) is 45.1 Å². The molecule has 0 atom stereocenters. The Hall–Kier alpha value is -1.51. The fourth-order valence-corrected chi connectivity index (χ4v) is 3.16. The van der Waals surface area contributed by atoms with Crippen molar-refractivity contribution in [1.29, 1.82) is 0 Å². The molecule has 3 heteroatoms. The van der Waals surface area contributed by atoms with Gasteiger partial charge < -0.3 is 10.6 Å². The third-order valence-corrected chi connectivity index (χ3v) is 4.52. The van der Waals surface area contributed by atoms with Crippen molar-refractivity contribution in [2.24, 2.45) is 5.92 Å². The third-order valence-electron chi connectivity index (χ3n) is 4.52. The molecule has 0 aliphatic heterocycles. The first-order valence-electron chi connectivity index (χ1n) is 7.53. The van der Waals surface area contributed by atoms with Crippen molar-refractivity contribution >= 4 is 11.6 Å². The highest BCUT2D eigenvalue weighted by Crippen LogP contribution is 2.29. The zero-order chi connectivity index (χ0) is 14.8. The Balaban J connectivity index is 2.07. The molecule has 1 fully saturated rings. The minimum Gasteiger partial charge on any atom is -0.399 e. The molecule has 1 saturated carbocycles. The van der Waals surface area contributed by atoms with Crippen LogP contribution in [0.5, 0.6) is 0 Å². The molecule has 2 rings (SSSR count). The van der Waals surface area contributed by atoms with Gasteiger partial charge in [0.15, 0.2) is 0 Å². The summed E-state index contributed by atoms with van der Waals surface area (Å²) < 4.78 is 0. The summed E-state index contributed by atoms with van der Waals surface area (Å²) in [7, 11) is 1.93. The van der Waals surface area contributed by atoms with Crippen LogP contribution in [0.4, 0.5) is 5.69 Å². The number of rotatable bonds is 4. The minimum atomic E-state index is -0.499. The van der Waals surface area contributed by atoms with Crippen molar-refractivity contribution in [3.05, 3.63) is 29.8 Å². The van der Waals surface area contributed by atoms with Crippen molar-refractivity contribution in [2.45, 2.75) is 44.9 Å². The Morgan fingerprint density at radius 3 is 2.35 bits per heavy atom. The number of nitrogens with zero attached hydrogens (tertiary/aromatic N) is 1. The van der Waals surface area contributed by atoms with Crippen molar-refractivity contribution in [1.82, 2.24) is 4.90 Å². The molecular weight excluding hydrogens is 248 g/mol. The second-order valence-corrected chi connectivity index (χ2v) is 6.58. The summed E-state index contributed by atoms with van der Waals surface area (Å²) in [5, 5.41) is 0. The van der Waals surface area contributed by atoms with Gasteiger partial charge in [0.05, 0.1) is 5.41 Å². The molecule has 0 bridgehead atoms. The van der Waals surface area contributed by atoms with E-state index in [0.29, 0.717) is 5.92 Å². The smallest absolute Gasteiger partial charge is 0.232 e. The first-order chi connectivity index (χ1) is 9.41. The van der Waals surface area contributed by atoms with Crippen molar-refractivity contribution in [3.8, 4) is 0 Å². The van der Waals surface area contributed by atoms with Gasteiger partial charge in [-0.3, -0.25) is 4.79 Å². The lowest BCUT2D eigenvalue weighted by Crippen LogP contribution is -2.43. The lowest BCUT2D eigenvalue weighted by molar-refractivity contribution is -0.135. The molecule has 110 valence electrons. The van der Waals surface area contributed by atoms with Gasteiger partial charge >= 0.3 is 0 Å². The molecule has 0 spiro atoms. The Kier molecular flexibility index (Phi) is 4.36. The number of hydrogen-bond donors (Lipinski definition) is 1. The second kappa shape index (κ2) is 5.86. The zero-order valence-electron chi connectivity index (χ0n) is 12.9. The molecule has 0 heterocycles. The average molecular weight is 274 g/mol. The number of nitrogens with two attached hydrogens (primary N) is 1. The van der Waals surface area contributed by atoms with Gasteiger partial charge in [0.1, 0.15) is 0 Å². The standard InChI is InChI=1S/C17H26N2O/c1-17(2,14-8-10-15(18)11-9-14)16(20)19(3)12-13-6-4-5-7-13/h8-11,13H,4-7,12,18H2,1-3H3. The maximum atomic E-state index is 12.7. The monoisotopic (exact) mass is 274 g/mol. The van der Waals surface area contributed by atoms with Crippen molar-refractivity contribution < 1.29 is 4.79 Å². The summed E-state index contributed by atoms with van der Waals surface area (Å²) in [5.74, 6) is 0.875. The quantitative estimate of drug-likeness (QED) is 0.857. The lowest BCUT2D eigenvalue weighted by atomic mass is 9.83. The van der Waals surface area contributed by atoms with Crippen LogP contribution in [0, 0.1) is 5.92 Å². The molecule has 0 saturated heterocycles. The number of likely N-dealkylation sites (N-methyl/N-ethyl adjacent to an activating group) is 1. The molecule has 0 unspecified atom stereocenters. The van der Waals surface area contributed by atoms with Crippen molar-refractivity contribution in [2.75, 3.05) is 19.3 Å². The molecule has 3 nitrogen and oxygen atoms in total. The van der Waals surface area contributed by atoms with E-state index >= 15 is 0 Å². The molecule has 0 radical (unpaired) electrons. The number of carbonyl (C=O) groups excluding carboxylic acids is 1. The van der Waals surface area contributed by atoms with Gasteiger partial charge in [0.25, 0.3) is 0 Å². The fourth-order valence-electron chi connectivity index (χ4n) is 3.16. The first-order valence-corrected chi connectivity index (χ1v) is 7.53. The number of benzene rings is 1. The van der Waals surface area contributed by atoms with E-state index in [2.05, 4.69) is 0 Å². The van der Waals surface area contributed by atoms with Gasteiger partial charge in [-0.15, -0.1) is 0 Å². The van der Waals surface area contributed by atoms with E-state index in [-0.39, 0.29) is 5.91 Å². The number of anilines is 1.